The molecule has 0 heterocycles. The SMILES string of the molecule is [2H][P+]([2H])(P)P(P(P)P)P(P([C-](P(P(P(P)P)P(P)P)P(P(P)P)P(P)P)P(P(P(P)P)P(P)P)P(P(P)P)P(P)P)P(P(P)P)P(P)P)P(P(P)P)P(P)P.[2H][P+]([2H])(P)P(P(P)P)P(P([C-](P(P(P(P)P)P(P)P)P(P(P)P)P(P)P)P(P(P(P)P)P(P)P)P(P(P)P)P(P)P)P(P(P)P)P(P)P)P(P(P)P)P(P)P.[Y].[Y]. The van der Waals surface area contributed by atoms with Crippen LogP contribution in [0, 0.1) is 10.3 Å². The molecule has 60 unspecified atom stereocenters. The zero-order chi connectivity index (χ0) is 87.9. The van der Waals surface area contributed by atoms with Gasteiger partial charge in [0.15, 0.2) is 0 Å². The van der Waals surface area contributed by atoms with E-state index in [9.17, 15) is 5.11 Å². The third-order valence-electron chi connectivity index (χ3n) is 9.32. The molecule has 0 aromatic rings. The first-order valence-electron chi connectivity index (χ1n) is 25.9. The molecule has 0 nitrogen and oxygen atoms in total. The first-order valence-corrected chi connectivity index (χ1v) is 209. The van der Waals surface area contributed by atoms with E-state index >= 15 is 0 Å². The Morgan fingerprint density at radius 2 is 0.222 bits per heavy atom. The summed E-state index contributed by atoms with van der Waals surface area (Å²) in [6.45, 7) is -16.8. The summed E-state index contributed by atoms with van der Waals surface area (Å²) in [5.41, 5.74) is 0. The molecule has 0 spiro atoms. The van der Waals surface area contributed by atoms with E-state index in [1.807, 2.05) is 0 Å². The van der Waals surface area contributed by atoms with E-state index < -0.39 is 185 Å². The fourth-order valence-corrected chi connectivity index (χ4v) is 1150. The van der Waals surface area contributed by atoms with Crippen LogP contribution in [-0.4, -0.2) is 5.11 Å². The Balaban J connectivity index is -0.00000102. The van der Waals surface area contributed by atoms with Crippen molar-refractivity contribution in [3.8, 4) is 0 Å². The van der Waals surface area contributed by atoms with E-state index in [-0.39, 0.29) is 233 Å². The molecule has 2 radical (unpaired) electrons. The molecule has 0 saturated heterocycles. The Hall–Kier alpha value is 46.9. The van der Waals surface area contributed by atoms with E-state index in [1.165, 1.54) is 0 Å². The molecule has 0 aromatic carbocycles. The molecule has 0 saturated carbocycles. The Bertz CT molecular complexity index is 1930. The monoisotopic (exact) mass is 3540 g/mol. The van der Waals surface area contributed by atoms with Crippen molar-refractivity contribution in [3.05, 3.63) is 10.3 Å². The van der Waals surface area contributed by atoms with Gasteiger partial charge in [-0.3, -0.25) is 0 Å². The van der Waals surface area contributed by atoms with Crippen LogP contribution in [0.3, 0.4) is 0 Å². The molecule has 0 rings (SSSR count). The molecule has 0 fully saturated rings. The minimum absolute atomic E-state index is 0. The van der Waals surface area contributed by atoms with Gasteiger partial charge in [0.05, 0.1) is 0 Å². The summed E-state index contributed by atoms with van der Waals surface area (Å²) in [7, 11) is 175. The van der Waals surface area contributed by atoms with E-state index in [0.717, 1.165) is 0 Å². The van der Waals surface area contributed by atoms with Gasteiger partial charge in [0.25, 0.3) is 5.11 Å². The maximum atomic E-state index is 9.98. The van der Waals surface area contributed by atoms with E-state index in [4.69, 9.17) is 0 Å². The third-order valence-corrected chi connectivity index (χ3v) is 639. The Morgan fingerprint density at radius 1 is 0.139 bits per heavy atom. The summed E-state index contributed by atoms with van der Waals surface area (Å²) in [6, 6.07) is 0. The van der Waals surface area contributed by atoms with Crippen LogP contribution in [0.4, 0.5) is 0 Å². The summed E-state index contributed by atoms with van der Waals surface area (Å²) >= 11 is 0. The largest absolute Gasteiger partial charge is 0.271 e. The quantitative estimate of drug-likeness (QED) is 0.0421. The molecule has 0 aliphatic carbocycles. The fourth-order valence-electron chi connectivity index (χ4n) is 6.47. The second-order valence-electron chi connectivity index (χ2n) is 16.7. The Morgan fingerprint density at radius 3 is 0.287 bits per heavy atom. The second kappa shape index (κ2) is 91.0. The predicted octanol–water partition coefficient (Wildman–Crippen LogP) is 59.7. The topological polar surface area (TPSA) is 0 Å². The number of hydrogen-bond donors (Lipinski definition) is 0. The van der Waals surface area contributed by atoms with Crippen LogP contribution in [-0.2, 0) is 65.4 Å². The number of hydrogen-bond acceptors (Lipinski definition) is 0. The molecule has 0 aromatic heterocycles. The summed E-state index contributed by atoms with van der Waals surface area (Å²) in [5, 5.41) is 4.42. The van der Waals surface area contributed by atoms with Crippen molar-refractivity contribution in [2.24, 2.45) is 0 Å². The van der Waals surface area contributed by atoms with Crippen LogP contribution < -0.4 is 0 Å². The van der Waals surface area contributed by atoms with Crippen LogP contribution in [0.25, 0.3) is 0 Å². The van der Waals surface area contributed by atoms with Gasteiger partial charge in [-0.2, -0.15) is 43.8 Å². The van der Waals surface area contributed by atoms with Crippen molar-refractivity contribution < 1.29 is 65.4 Å². The van der Waals surface area contributed by atoms with E-state index in [2.05, 4.69) is 492 Å². The van der Waals surface area contributed by atoms with Crippen molar-refractivity contribution in [2.45, 2.75) is 0 Å². The molecule has 0 aliphatic heterocycles. The first kappa shape index (κ1) is 153. The predicted molar refractivity (Wildman–Crippen MR) is 882 cm³/mol. The molecule has 0 aliphatic rings. The first-order chi connectivity index (χ1) is 49.6. The number of rotatable bonds is 50. The maximum absolute atomic E-state index is 9.98. The van der Waals surface area contributed by atoms with Gasteiger partial charge in [0.2, 0.25) is 0 Å². The summed E-state index contributed by atoms with van der Waals surface area (Å²) in [4.78, 5) is 0. The minimum Gasteiger partial charge on any atom is -0.206 e. The van der Waals surface area contributed by atoms with Gasteiger partial charge < -0.3 is 0 Å². The van der Waals surface area contributed by atoms with Crippen molar-refractivity contribution >= 4 is 835 Å². The van der Waals surface area contributed by atoms with Crippen LogP contribution in [0.5, 0.6) is 0 Å². The summed E-state index contributed by atoms with van der Waals surface area (Å²) in [6.07, 6.45) is 0. The molecular weight excluding hydrogens is 3420 g/mol. The van der Waals surface area contributed by atoms with Gasteiger partial charge in [-0.25, -0.2) is 10.3 Å². The van der Waals surface area contributed by atoms with E-state index in [1.54, 1.807) is 0 Å². The van der Waals surface area contributed by atoms with Crippen molar-refractivity contribution in [1.29, 1.82) is 5.11 Å². The van der Waals surface area contributed by atoms with Gasteiger partial charge in [0.1, 0.15) is 14.0 Å². The molecule has 0 bridgehead atoms. The van der Waals surface area contributed by atoms with Crippen molar-refractivity contribution in [1.82, 2.24) is 0 Å². The van der Waals surface area contributed by atoms with Crippen LogP contribution in [0.15, 0.2) is 0 Å². The zero-order valence-corrected chi connectivity index (χ0v) is 168. The van der Waals surface area contributed by atoms with Gasteiger partial charge in [-0.15, -0.1) is 429 Å². The van der Waals surface area contributed by atoms with Crippen LogP contribution >= 0.6 is 835 Å². The third kappa shape index (κ3) is 59.8. The van der Waals surface area contributed by atoms with Gasteiger partial charge in [-0.05, 0) is 266 Å². The molecule has 106 heteroatoms. The average Bonchev–Trinajstić information content (AvgIpc) is 0.733. The zero-order valence-electron chi connectivity index (χ0n) is 59.7. The maximum Gasteiger partial charge on any atom is 0.271 e. The van der Waals surface area contributed by atoms with Crippen LogP contribution in [0.2, 0.25) is 0 Å². The summed E-state index contributed by atoms with van der Waals surface area (Å²) in [5.74, 6) is 0. The normalized spacial score (nSPS) is 16.5. The van der Waals surface area contributed by atoms with Gasteiger partial charge >= 0.3 is 0 Å². The minimum atomic E-state index is -2.77. The Kier molecular flexibility index (Phi) is 129. The van der Waals surface area contributed by atoms with Gasteiger partial charge in [0, 0.05) is 113 Å². The average molecular weight is 3540 g/mol. The molecule has 108 heavy (non-hydrogen) atoms. The molecule has 0 N–H and O–H groups in total. The molecule has 0 amide bonds. The fraction of sp³-hybridized carbons (Fsp3) is 0. The van der Waals surface area contributed by atoms with Gasteiger partial charge in [-0.1, -0.05) is 35.7 Å². The Labute approximate surface area is 899 Å². The van der Waals surface area contributed by atoms with Crippen LogP contribution in [0.1, 0.15) is 0 Å². The van der Waals surface area contributed by atoms with Crippen molar-refractivity contribution in [3.63, 3.8) is 0 Å². The van der Waals surface area contributed by atoms with Crippen molar-refractivity contribution in [2.75, 3.05) is 0 Å². The summed E-state index contributed by atoms with van der Waals surface area (Å²) < 4.78 is 39.9. The molecule has 60 atom stereocenters. The smallest absolute Gasteiger partial charge is 0.206 e. The second-order valence-corrected chi connectivity index (χ2v) is 420. The molecular formula is C2H112P104Y2. The standard InChI is InChI=1S/2CH55P52.2Y/c2*2-29-46(33(3)4)52(53(44(25)26)45(27)28)32(51(42(21)22)43(23)24)1(30(47(34(5)6)35(7)8)48(36(9)10)37(11)12)31(49(38(13)14)39(15)16)50(40(17)18)41(19)20;;/h2*29H,2-28H2;;/q2*-1;;/p+2/i2*29D;;/hD2. The van der Waals surface area contributed by atoms with E-state index in [0.29, 0.717) is 0 Å². The molecule has 646 valence electrons.